The van der Waals surface area contributed by atoms with Crippen LogP contribution in [0.1, 0.15) is 15.9 Å². The molecule has 0 atom stereocenters. The lowest BCUT2D eigenvalue weighted by Gasteiger charge is -2.10. The van der Waals surface area contributed by atoms with Crippen LogP contribution >= 0.6 is 0 Å². The molecule has 0 saturated carbocycles. The molecule has 0 aliphatic heterocycles. The Morgan fingerprint density at radius 3 is 2.36 bits per heavy atom. The molecule has 28 heavy (non-hydrogen) atoms. The van der Waals surface area contributed by atoms with E-state index in [2.05, 4.69) is 4.98 Å². The van der Waals surface area contributed by atoms with Crippen molar-refractivity contribution in [2.75, 3.05) is 0 Å². The predicted octanol–water partition coefficient (Wildman–Crippen LogP) is 5.88. The summed E-state index contributed by atoms with van der Waals surface area (Å²) in [7, 11) is 0. The van der Waals surface area contributed by atoms with Crippen LogP contribution in [0, 0.1) is 0 Å². The highest BCUT2D eigenvalue weighted by Crippen LogP contribution is 2.38. The maximum absolute atomic E-state index is 13.3. The lowest BCUT2D eigenvalue weighted by Crippen LogP contribution is -2.06. The van der Waals surface area contributed by atoms with Crippen LogP contribution < -0.4 is 0 Å². The summed E-state index contributed by atoms with van der Waals surface area (Å²) in [4.78, 5) is 16.0. The molecular formula is C21H12F3NO3. The summed E-state index contributed by atoms with van der Waals surface area (Å²) in [5.74, 6) is -0.927. The molecule has 0 radical (unpaired) electrons. The number of fused-ring (bicyclic) bond motifs is 1. The Labute approximate surface area is 156 Å². The normalized spacial score (nSPS) is 11.7. The van der Waals surface area contributed by atoms with Crippen molar-refractivity contribution < 1.29 is 27.5 Å². The molecule has 0 aliphatic rings. The number of carboxylic acids is 1. The molecular weight excluding hydrogens is 371 g/mol. The summed E-state index contributed by atoms with van der Waals surface area (Å²) in [6.45, 7) is 0. The van der Waals surface area contributed by atoms with Crippen LogP contribution in [0.25, 0.3) is 33.7 Å². The summed E-state index contributed by atoms with van der Waals surface area (Å²) in [6, 6.07) is 16.1. The minimum Gasteiger partial charge on any atom is -0.478 e. The third-order valence-electron chi connectivity index (χ3n) is 4.30. The number of carboxylic acid groups (broad SMARTS) is 1. The number of rotatable bonds is 3. The Morgan fingerprint density at radius 1 is 0.929 bits per heavy atom. The van der Waals surface area contributed by atoms with Crippen LogP contribution in [0.2, 0.25) is 0 Å². The van der Waals surface area contributed by atoms with Gasteiger partial charge in [0.05, 0.1) is 16.6 Å². The van der Waals surface area contributed by atoms with Crippen LogP contribution in [-0.4, -0.2) is 16.1 Å². The van der Waals surface area contributed by atoms with Gasteiger partial charge in [-0.1, -0.05) is 36.4 Å². The Morgan fingerprint density at radius 2 is 1.61 bits per heavy atom. The first kappa shape index (κ1) is 17.8. The monoisotopic (exact) mass is 383 g/mol. The first-order valence-corrected chi connectivity index (χ1v) is 8.24. The van der Waals surface area contributed by atoms with Crippen molar-refractivity contribution in [1.82, 2.24) is 4.98 Å². The minimum absolute atomic E-state index is 0.0229. The molecule has 2 heterocycles. The molecule has 2 aromatic carbocycles. The van der Waals surface area contributed by atoms with Crippen LogP contribution in [0.5, 0.6) is 0 Å². The second-order valence-corrected chi connectivity index (χ2v) is 6.08. The van der Waals surface area contributed by atoms with Gasteiger partial charge in [-0.25, -0.2) is 9.78 Å². The van der Waals surface area contributed by atoms with Crippen LogP contribution in [0.3, 0.4) is 0 Å². The summed E-state index contributed by atoms with van der Waals surface area (Å²) in [5.41, 5.74) is -0.193. The zero-order valence-electron chi connectivity index (χ0n) is 14.2. The number of aromatic nitrogens is 1. The van der Waals surface area contributed by atoms with Crippen LogP contribution in [0.4, 0.5) is 13.2 Å². The first-order valence-electron chi connectivity index (χ1n) is 8.24. The molecule has 0 unspecified atom stereocenters. The number of furan rings is 1. The van der Waals surface area contributed by atoms with Crippen molar-refractivity contribution in [3.63, 3.8) is 0 Å². The molecule has 4 nitrogen and oxygen atoms in total. The van der Waals surface area contributed by atoms with Gasteiger partial charge in [0.2, 0.25) is 0 Å². The second-order valence-electron chi connectivity index (χ2n) is 6.08. The van der Waals surface area contributed by atoms with E-state index in [1.165, 1.54) is 36.4 Å². The van der Waals surface area contributed by atoms with E-state index in [0.717, 1.165) is 6.07 Å². The molecule has 140 valence electrons. The highest BCUT2D eigenvalue weighted by atomic mass is 19.4. The predicted molar refractivity (Wildman–Crippen MR) is 96.8 cm³/mol. The highest BCUT2D eigenvalue weighted by molar-refractivity contribution is 6.03. The summed E-state index contributed by atoms with van der Waals surface area (Å²) in [5, 5.41) is 9.95. The molecule has 0 amide bonds. The fourth-order valence-electron chi connectivity index (χ4n) is 3.04. The molecule has 4 aromatic rings. The van der Waals surface area contributed by atoms with Gasteiger partial charge in [-0.05, 0) is 30.3 Å². The number of hydrogen-bond donors (Lipinski definition) is 1. The number of carbonyl (C=O) groups is 1. The van der Waals surface area contributed by atoms with E-state index < -0.39 is 17.7 Å². The number of halogens is 3. The van der Waals surface area contributed by atoms with Gasteiger partial charge in [0.1, 0.15) is 11.5 Å². The molecule has 0 saturated heterocycles. The lowest BCUT2D eigenvalue weighted by molar-refractivity contribution is -0.137. The Kier molecular flexibility index (Phi) is 4.15. The van der Waals surface area contributed by atoms with Gasteiger partial charge in [-0.2, -0.15) is 13.2 Å². The number of nitrogens with zero attached hydrogens (tertiary/aromatic N) is 1. The summed E-state index contributed by atoms with van der Waals surface area (Å²) in [6.07, 6.45) is -4.53. The fraction of sp³-hybridized carbons (Fsp3) is 0.0476. The Bertz CT molecular complexity index is 1190. The van der Waals surface area contributed by atoms with Crippen molar-refractivity contribution in [2.45, 2.75) is 6.18 Å². The SMILES string of the molecule is O=C(O)c1cc(-c2ccc(-c3ccccc3C(F)(F)F)o2)nc2ccccc12. The first-order chi connectivity index (χ1) is 13.3. The van der Waals surface area contributed by atoms with Gasteiger partial charge in [0.25, 0.3) is 0 Å². The number of pyridine rings is 1. The molecule has 0 fully saturated rings. The molecule has 7 heteroatoms. The lowest BCUT2D eigenvalue weighted by atomic mass is 10.1. The van der Waals surface area contributed by atoms with E-state index in [1.54, 1.807) is 24.3 Å². The van der Waals surface area contributed by atoms with E-state index in [9.17, 15) is 23.1 Å². The molecule has 0 bridgehead atoms. The largest absolute Gasteiger partial charge is 0.478 e. The standard InChI is InChI=1S/C21H12F3NO3/c22-21(23,24)15-7-3-1-6-13(15)18-9-10-19(28-18)17-11-14(20(26)27)12-5-2-4-8-16(12)25-17/h1-11H,(H,26,27). The quantitative estimate of drug-likeness (QED) is 0.480. The van der Waals surface area contributed by atoms with Crippen LogP contribution in [0.15, 0.2) is 71.1 Å². The third kappa shape index (κ3) is 3.11. The van der Waals surface area contributed by atoms with Crippen molar-refractivity contribution in [3.05, 3.63) is 77.9 Å². The number of benzene rings is 2. The van der Waals surface area contributed by atoms with Gasteiger partial charge in [-0.3, -0.25) is 0 Å². The van der Waals surface area contributed by atoms with Gasteiger partial charge in [-0.15, -0.1) is 0 Å². The van der Waals surface area contributed by atoms with Crippen molar-refractivity contribution >= 4 is 16.9 Å². The van der Waals surface area contributed by atoms with Crippen molar-refractivity contribution in [2.24, 2.45) is 0 Å². The maximum Gasteiger partial charge on any atom is 0.417 e. The van der Waals surface area contributed by atoms with E-state index >= 15 is 0 Å². The van der Waals surface area contributed by atoms with Gasteiger partial charge in [0.15, 0.2) is 5.76 Å². The highest BCUT2D eigenvalue weighted by Gasteiger charge is 2.34. The average Bonchev–Trinajstić information content (AvgIpc) is 3.16. The number of para-hydroxylation sites is 1. The van der Waals surface area contributed by atoms with Gasteiger partial charge in [0, 0.05) is 10.9 Å². The smallest absolute Gasteiger partial charge is 0.417 e. The van der Waals surface area contributed by atoms with E-state index in [1.807, 2.05) is 0 Å². The van der Waals surface area contributed by atoms with Crippen LogP contribution in [-0.2, 0) is 6.18 Å². The molecule has 2 aromatic heterocycles. The summed E-state index contributed by atoms with van der Waals surface area (Å²) < 4.78 is 45.4. The van der Waals surface area contributed by atoms with Gasteiger partial charge < -0.3 is 9.52 Å². The fourth-order valence-corrected chi connectivity index (χ4v) is 3.04. The zero-order valence-corrected chi connectivity index (χ0v) is 14.2. The maximum atomic E-state index is 13.3. The second kappa shape index (κ2) is 6.53. The topological polar surface area (TPSA) is 63.3 Å². The van der Waals surface area contributed by atoms with Crippen molar-refractivity contribution in [3.8, 4) is 22.8 Å². The number of aromatic carboxylic acids is 1. The van der Waals surface area contributed by atoms with Crippen molar-refractivity contribution in [1.29, 1.82) is 0 Å². The number of alkyl halides is 3. The molecule has 4 rings (SSSR count). The average molecular weight is 383 g/mol. The van der Waals surface area contributed by atoms with E-state index in [4.69, 9.17) is 4.42 Å². The van der Waals surface area contributed by atoms with E-state index in [-0.39, 0.29) is 28.3 Å². The minimum atomic E-state index is -4.53. The molecule has 0 aliphatic carbocycles. The Balaban J connectivity index is 1.85. The van der Waals surface area contributed by atoms with E-state index in [0.29, 0.717) is 10.9 Å². The summed E-state index contributed by atoms with van der Waals surface area (Å²) >= 11 is 0. The Hall–Kier alpha value is -3.61. The molecule has 0 spiro atoms. The number of hydrogen-bond acceptors (Lipinski definition) is 3. The zero-order chi connectivity index (χ0) is 19.9. The van der Waals surface area contributed by atoms with Gasteiger partial charge >= 0.3 is 12.1 Å². The molecule has 1 N–H and O–H groups in total. The third-order valence-corrected chi connectivity index (χ3v) is 4.30.